The van der Waals surface area contributed by atoms with Gasteiger partial charge in [-0.05, 0) is 32.6 Å². The van der Waals surface area contributed by atoms with E-state index in [1.54, 1.807) is 0 Å². The van der Waals surface area contributed by atoms with Gasteiger partial charge in [0.05, 0.1) is 19.8 Å². The van der Waals surface area contributed by atoms with Crippen LogP contribution in [0.1, 0.15) is 56.1 Å². The Morgan fingerprint density at radius 3 is 2.47 bits per heavy atom. The van der Waals surface area contributed by atoms with E-state index < -0.39 is 23.9 Å². The molecule has 0 aliphatic carbocycles. The van der Waals surface area contributed by atoms with Crippen molar-refractivity contribution in [2.75, 3.05) is 20.3 Å². The molecule has 1 aromatic heterocycles. The van der Waals surface area contributed by atoms with Crippen molar-refractivity contribution >= 4 is 17.8 Å². The molecular formula is C27H36N2O7. The number of aryl methyl sites for hydroxylation is 1. The van der Waals surface area contributed by atoms with E-state index in [-0.39, 0.29) is 35.8 Å². The second-order valence-electron chi connectivity index (χ2n) is 8.64. The van der Waals surface area contributed by atoms with Crippen LogP contribution in [-0.2, 0) is 19.1 Å². The molecule has 3 atom stereocenters. The van der Waals surface area contributed by atoms with Crippen molar-refractivity contribution in [2.24, 2.45) is 5.92 Å². The number of aromatic nitrogens is 1. The summed E-state index contributed by atoms with van der Waals surface area (Å²) in [5.74, 6) is -1.58. The molecule has 1 N–H and O–H groups in total. The molecule has 2 aromatic rings. The van der Waals surface area contributed by atoms with Gasteiger partial charge in [-0.25, -0.2) is 9.78 Å². The van der Waals surface area contributed by atoms with Crippen LogP contribution in [0.3, 0.4) is 0 Å². The maximum Gasteiger partial charge on any atom is 0.331 e. The van der Waals surface area contributed by atoms with E-state index in [4.69, 9.17) is 18.9 Å². The van der Waals surface area contributed by atoms with Crippen LogP contribution in [0.5, 0.6) is 11.5 Å². The van der Waals surface area contributed by atoms with Crippen LogP contribution in [0.25, 0.3) is 0 Å². The first kappa shape index (κ1) is 28.8. The number of hydrogen-bond acceptors (Lipinski definition) is 8. The standard InChI is InChI=1S/C20H28N2O7.C7H8/c1-5-6-14-9-12(2)28-20(25)15(11-27-10-14)22-19(24)17-18(29-13(3)23)16(26-4)7-8-21-17;1-7-5-3-2-4-6-7/h7-8,12,14-15H,5-6,9-11H2,1-4H3,(H,22,24);2-6H,1H3/t12?,14?,15-;/m0./s1. The van der Waals surface area contributed by atoms with E-state index in [0.717, 1.165) is 12.8 Å². The molecule has 9 heteroatoms. The molecule has 2 unspecified atom stereocenters. The highest BCUT2D eigenvalue weighted by Crippen LogP contribution is 2.29. The quantitative estimate of drug-likeness (QED) is 0.595. The first-order valence-electron chi connectivity index (χ1n) is 12.1. The van der Waals surface area contributed by atoms with E-state index in [1.165, 1.54) is 31.9 Å². The molecule has 0 radical (unpaired) electrons. The lowest BCUT2D eigenvalue weighted by atomic mass is 9.98. The molecule has 1 aromatic carbocycles. The largest absolute Gasteiger partial charge is 0.493 e. The van der Waals surface area contributed by atoms with E-state index in [9.17, 15) is 14.4 Å². The maximum atomic E-state index is 12.8. The minimum Gasteiger partial charge on any atom is -0.493 e. The smallest absolute Gasteiger partial charge is 0.331 e. The second-order valence-corrected chi connectivity index (χ2v) is 8.64. The van der Waals surface area contributed by atoms with Crippen molar-refractivity contribution in [2.45, 2.75) is 59.1 Å². The van der Waals surface area contributed by atoms with Crippen LogP contribution < -0.4 is 14.8 Å². The predicted molar refractivity (Wildman–Crippen MR) is 134 cm³/mol. The van der Waals surface area contributed by atoms with Crippen molar-refractivity contribution in [1.29, 1.82) is 0 Å². The average molecular weight is 501 g/mol. The molecular weight excluding hydrogens is 464 g/mol. The van der Waals surface area contributed by atoms with Gasteiger partial charge in [0.15, 0.2) is 17.5 Å². The van der Waals surface area contributed by atoms with Crippen molar-refractivity contribution in [3.63, 3.8) is 0 Å². The fraction of sp³-hybridized carbons (Fsp3) is 0.481. The minimum absolute atomic E-state index is 0.0234. The van der Waals surface area contributed by atoms with Crippen molar-refractivity contribution in [3.05, 3.63) is 53.9 Å². The summed E-state index contributed by atoms with van der Waals surface area (Å²) in [6.45, 7) is 7.66. The molecule has 1 saturated heterocycles. The number of nitrogens with zero attached hydrogens (tertiary/aromatic N) is 1. The Labute approximate surface area is 212 Å². The number of cyclic esters (lactones) is 1. The molecule has 1 aliphatic rings. The number of carbonyl (C=O) groups excluding carboxylic acids is 3. The second kappa shape index (κ2) is 14.8. The Balaban J connectivity index is 0.000000558. The number of pyridine rings is 1. The number of carbonyl (C=O) groups is 3. The van der Waals surface area contributed by atoms with Crippen molar-refractivity contribution in [1.82, 2.24) is 10.3 Å². The predicted octanol–water partition coefficient (Wildman–Crippen LogP) is 3.88. The van der Waals surface area contributed by atoms with Crippen LogP contribution in [0.15, 0.2) is 42.6 Å². The molecule has 0 bridgehead atoms. The number of hydrogen-bond donors (Lipinski definition) is 1. The third-order valence-electron chi connectivity index (χ3n) is 5.40. The highest BCUT2D eigenvalue weighted by atomic mass is 16.6. The Morgan fingerprint density at radius 2 is 1.89 bits per heavy atom. The molecule has 3 rings (SSSR count). The normalized spacial score (nSPS) is 19.8. The lowest BCUT2D eigenvalue weighted by Crippen LogP contribution is -2.45. The zero-order valence-electron chi connectivity index (χ0n) is 21.6. The number of benzene rings is 1. The monoisotopic (exact) mass is 500 g/mol. The first-order chi connectivity index (χ1) is 17.2. The van der Waals surface area contributed by atoms with Gasteiger partial charge in [0.2, 0.25) is 5.75 Å². The molecule has 36 heavy (non-hydrogen) atoms. The fourth-order valence-electron chi connectivity index (χ4n) is 3.75. The van der Waals surface area contributed by atoms with Crippen LogP contribution >= 0.6 is 0 Å². The summed E-state index contributed by atoms with van der Waals surface area (Å²) in [6.07, 6.45) is 3.74. The maximum absolute atomic E-state index is 12.8. The third-order valence-corrected chi connectivity index (χ3v) is 5.40. The summed E-state index contributed by atoms with van der Waals surface area (Å²) in [7, 11) is 1.38. The van der Waals surface area contributed by atoms with Crippen molar-refractivity contribution < 1.29 is 33.3 Å². The summed E-state index contributed by atoms with van der Waals surface area (Å²) < 4.78 is 21.4. The lowest BCUT2D eigenvalue weighted by molar-refractivity contribution is -0.151. The van der Waals surface area contributed by atoms with Crippen LogP contribution in [0.2, 0.25) is 0 Å². The number of esters is 2. The van der Waals surface area contributed by atoms with Gasteiger partial charge in [0.1, 0.15) is 0 Å². The van der Waals surface area contributed by atoms with E-state index >= 15 is 0 Å². The van der Waals surface area contributed by atoms with Gasteiger partial charge in [0.25, 0.3) is 5.91 Å². The number of ether oxygens (including phenoxy) is 4. The van der Waals surface area contributed by atoms with Crippen LogP contribution in [0, 0.1) is 12.8 Å². The Hall–Kier alpha value is -3.46. The zero-order valence-corrected chi connectivity index (χ0v) is 21.6. The Kier molecular flexibility index (Phi) is 11.9. The zero-order chi connectivity index (χ0) is 26.5. The van der Waals surface area contributed by atoms with Gasteiger partial charge in [-0.1, -0.05) is 49.2 Å². The van der Waals surface area contributed by atoms with Gasteiger partial charge >= 0.3 is 11.9 Å². The molecule has 196 valence electrons. The summed E-state index contributed by atoms with van der Waals surface area (Å²) in [6, 6.07) is 10.7. The fourth-order valence-corrected chi connectivity index (χ4v) is 3.75. The molecule has 2 heterocycles. The van der Waals surface area contributed by atoms with Gasteiger partial charge in [0, 0.05) is 25.8 Å². The third kappa shape index (κ3) is 9.30. The summed E-state index contributed by atoms with van der Waals surface area (Å²) in [5, 5.41) is 2.56. The van der Waals surface area contributed by atoms with E-state index in [0.29, 0.717) is 13.0 Å². The topological polar surface area (TPSA) is 113 Å². The van der Waals surface area contributed by atoms with Gasteiger partial charge in [-0.15, -0.1) is 0 Å². The average Bonchev–Trinajstić information content (AvgIpc) is 2.89. The number of nitrogens with one attached hydrogen (secondary N) is 1. The summed E-state index contributed by atoms with van der Waals surface area (Å²) >= 11 is 0. The highest BCUT2D eigenvalue weighted by molar-refractivity contribution is 5.98. The van der Waals surface area contributed by atoms with Crippen LogP contribution in [-0.4, -0.2) is 55.3 Å². The van der Waals surface area contributed by atoms with Gasteiger partial charge in [-0.3, -0.25) is 9.59 Å². The number of rotatable bonds is 6. The summed E-state index contributed by atoms with van der Waals surface area (Å²) in [5.41, 5.74) is 1.15. The molecule has 9 nitrogen and oxygen atoms in total. The number of amides is 1. The molecule has 1 amide bonds. The SMILES string of the molecule is CCCC1COC[C@H](NC(=O)c2nccc(OC)c2OC(C)=O)C(=O)OC(C)C1.Cc1ccccc1. The summed E-state index contributed by atoms with van der Waals surface area (Å²) in [4.78, 5) is 40.7. The molecule has 0 spiro atoms. The molecule has 1 aliphatic heterocycles. The van der Waals surface area contributed by atoms with E-state index in [1.807, 2.05) is 25.1 Å². The van der Waals surface area contributed by atoms with Crippen molar-refractivity contribution in [3.8, 4) is 11.5 Å². The van der Waals surface area contributed by atoms with Gasteiger partial charge < -0.3 is 24.3 Å². The first-order valence-corrected chi connectivity index (χ1v) is 12.1. The van der Waals surface area contributed by atoms with E-state index in [2.05, 4.69) is 36.3 Å². The number of methoxy groups -OCH3 is 1. The Morgan fingerprint density at radius 1 is 1.17 bits per heavy atom. The van der Waals surface area contributed by atoms with Crippen LogP contribution in [0.4, 0.5) is 0 Å². The van der Waals surface area contributed by atoms with Gasteiger partial charge in [-0.2, -0.15) is 0 Å². The molecule has 1 fully saturated rings. The minimum atomic E-state index is -1.01. The molecule has 0 saturated carbocycles. The lowest BCUT2D eigenvalue weighted by Gasteiger charge is -2.19. The Bertz CT molecular complexity index is 997. The highest BCUT2D eigenvalue weighted by Gasteiger charge is 2.30.